The van der Waals surface area contributed by atoms with E-state index >= 15 is 0 Å². The normalized spacial score (nSPS) is 26.9. The zero-order chi connectivity index (χ0) is 12.4. The highest BCUT2D eigenvalue weighted by molar-refractivity contribution is 8.00. The second-order valence-corrected chi connectivity index (χ2v) is 7.26. The molecule has 98 valence electrons. The zero-order valence-electron chi connectivity index (χ0n) is 11.0. The van der Waals surface area contributed by atoms with Gasteiger partial charge in [-0.05, 0) is 48.8 Å². The molecule has 18 heavy (non-hydrogen) atoms. The minimum absolute atomic E-state index is 0.315. The lowest BCUT2D eigenvalue weighted by Crippen LogP contribution is -2.31. The molecule has 1 saturated heterocycles. The van der Waals surface area contributed by atoms with Crippen LogP contribution in [0.4, 0.5) is 0 Å². The molecule has 2 nitrogen and oxygen atoms in total. The van der Waals surface area contributed by atoms with Crippen LogP contribution in [0.25, 0.3) is 0 Å². The van der Waals surface area contributed by atoms with Crippen LogP contribution in [0.1, 0.15) is 37.3 Å². The quantitative estimate of drug-likeness (QED) is 0.903. The molecule has 0 amide bonds. The minimum Gasteiger partial charge on any atom is -0.492 e. The lowest BCUT2D eigenvalue weighted by molar-refractivity contribution is 0.266. The fourth-order valence-electron chi connectivity index (χ4n) is 2.70. The van der Waals surface area contributed by atoms with Crippen molar-refractivity contribution in [2.75, 3.05) is 12.4 Å². The maximum absolute atomic E-state index is 6.03. The van der Waals surface area contributed by atoms with E-state index in [9.17, 15) is 0 Å². The van der Waals surface area contributed by atoms with Gasteiger partial charge in [0.1, 0.15) is 12.4 Å². The van der Waals surface area contributed by atoms with Crippen molar-refractivity contribution in [3.05, 3.63) is 29.3 Å². The molecule has 1 atom stereocenters. The monoisotopic (exact) mass is 263 g/mol. The van der Waals surface area contributed by atoms with Crippen molar-refractivity contribution in [1.82, 2.24) is 5.32 Å². The van der Waals surface area contributed by atoms with Crippen LogP contribution < -0.4 is 10.1 Å². The van der Waals surface area contributed by atoms with Crippen LogP contribution in [0, 0.1) is 0 Å². The van der Waals surface area contributed by atoms with Crippen molar-refractivity contribution in [2.45, 2.75) is 44.0 Å². The molecule has 1 fully saturated rings. The summed E-state index contributed by atoms with van der Waals surface area (Å²) in [5.74, 6) is 2.32. The van der Waals surface area contributed by atoms with Gasteiger partial charge < -0.3 is 10.1 Å². The Balaban J connectivity index is 1.62. The maximum Gasteiger partial charge on any atom is 0.119 e. The average molecular weight is 263 g/mol. The van der Waals surface area contributed by atoms with Gasteiger partial charge in [0, 0.05) is 17.8 Å². The van der Waals surface area contributed by atoms with Crippen molar-refractivity contribution in [2.24, 2.45) is 0 Å². The molecular weight excluding hydrogens is 242 g/mol. The first-order valence-electron chi connectivity index (χ1n) is 6.84. The van der Waals surface area contributed by atoms with Crippen molar-refractivity contribution in [3.8, 4) is 5.75 Å². The molecule has 1 unspecified atom stereocenters. The number of benzene rings is 1. The van der Waals surface area contributed by atoms with E-state index in [1.165, 1.54) is 36.1 Å². The molecule has 0 aromatic heterocycles. The second-order valence-electron chi connectivity index (χ2n) is 5.58. The number of ether oxygens (including phenoxy) is 1. The van der Waals surface area contributed by atoms with Crippen molar-refractivity contribution < 1.29 is 4.74 Å². The van der Waals surface area contributed by atoms with Crippen LogP contribution in [-0.4, -0.2) is 17.1 Å². The Hall–Kier alpha value is -0.670. The summed E-state index contributed by atoms with van der Waals surface area (Å²) in [4.78, 5) is 0. The van der Waals surface area contributed by atoms with E-state index in [0.717, 1.165) is 25.4 Å². The summed E-state index contributed by atoms with van der Waals surface area (Å²) < 4.78 is 6.34. The van der Waals surface area contributed by atoms with Crippen LogP contribution >= 0.6 is 11.8 Å². The summed E-state index contributed by atoms with van der Waals surface area (Å²) in [7, 11) is 0. The summed E-state index contributed by atoms with van der Waals surface area (Å²) in [6, 6.07) is 6.51. The first-order chi connectivity index (χ1) is 8.75. The topological polar surface area (TPSA) is 21.3 Å². The highest BCUT2D eigenvalue weighted by atomic mass is 32.2. The van der Waals surface area contributed by atoms with Gasteiger partial charge in [-0.15, -0.1) is 0 Å². The van der Waals surface area contributed by atoms with E-state index < -0.39 is 0 Å². The predicted molar refractivity (Wildman–Crippen MR) is 77.2 cm³/mol. The maximum atomic E-state index is 6.03. The van der Waals surface area contributed by atoms with Gasteiger partial charge in [-0.3, -0.25) is 0 Å². The molecule has 1 N–H and O–H groups in total. The van der Waals surface area contributed by atoms with Crippen LogP contribution in [0.5, 0.6) is 5.75 Å². The van der Waals surface area contributed by atoms with Crippen LogP contribution in [0.3, 0.4) is 0 Å². The Kier molecular flexibility index (Phi) is 3.53. The van der Waals surface area contributed by atoms with E-state index in [2.05, 4.69) is 42.2 Å². The fourth-order valence-corrected chi connectivity index (χ4v) is 3.97. The molecule has 0 saturated carbocycles. The number of hydrogen-bond acceptors (Lipinski definition) is 3. The molecule has 2 aliphatic rings. The van der Waals surface area contributed by atoms with E-state index in [1.54, 1.807) is 0 Å². The molecular formula is C15H21NOS. The Morgan fingerprint density at radius 3 is 3.00 bits per heavy atom. The first kappa shape index (κ1) is 12.4. The molecule has 1 aromatic rings. The lowest BCUT2D eigenvalue weighted by Gasteiger charge is -2.32. The Labute approximate surface area is 113 Å². The first-order valence-corrected chi connectivity index (χ1v) is 7.83. The largest absolute Gasteiger partial charge is 0.492 e. The van der Waals surface area contributed by atoms with E-state index in [0.29, 0.717) is 4.75 Å². The Morgan fingerprint density at radius 1 is 1.28 bits per heavy atom. The summed E-state index contributed by atoms with van der Waals surface area (Å²) in [6.07, 6.45) is 4.00. The highest BCUT2D eigenvalue weighted by Crippen LogP contribution is 2.36. The minimum atomic E-state index is 0.315. The van der Waals surface area contributed by atoms with Gasteiger partial charge in [0.25, 0.3) is 0 Å². The van der Waals surface area contributed by atoms with Gasteiger partial charge in [0.15, 0.2) is 0 Å². The molecule has 0 aliphatic carbocycles. The molecule has 2 aliphatic heterocycles. The van der Waals surface area contributed by atoms with Gasteiger partial charge in [0.2, 0.25) is 0 Å². The van der Waals surface area contributed by atoms with Gasteiger partial charge in [-0.25, -0.2) is 0 Å². The Morgan fingerprint density at radius 2 is 2.17 bits per heavy atom. The van der Waals surface area contributed by atoms with Crippen molar-refractivity contribution in [1.29, 1.82) is 0 Å². The smallest absolute Gasteiger partial charge is 0.119 e. The molecule has 1 aromatic carbocycles. The number of rotatable bonds is 3. The van der Waals surface area contributed by atoms with Gasteiger partial charge >= 0.3 is 0 Å². The third kappa shape index (κ3) is 2.67. The van der Waals surface area contributed by atoms with Crippen LogP contribution in [-0.2, 0) is 13.1 Å². The van der Waals surface area contributed by atoms with E-state index in [-0.39, 0.29) is 0 Å². The summed E-state index contributed by atoms with van der Waals surface area (Å²) >= 11 is 2.07. The SMILES string of the molecule is CC1(COc2ccc3c(c2)CNC3)CCCCS1. The summed E-state index contributed by atoms with van der Waals surface area (Å²) in [6.45, 7) is 5.16. The molecule has 3 heteroatoms. The van der Waals surface area contributed by atoms with Gasteiger partial charge in [0.05, 0.1) is 0 Å². The average Bonchev–Trinajstić information content (AvgIpc) is 2.85. The summed E-state index contributed by atoms with van der Waals surface area (Å²) in [5.41, 5.74) is 2.81. The molecule has 2 heterocycles. The number of nitrogens with one attached hydrogen (secondary N) is 1. The lowest BCUT2D eigenvalue weighted by atomic mass is 10.0. The van der Waals surface area contributed by atoms with E-state index in [4.69, 9.17) is 4.74 Å². The third-order valence-electron chi connectivity index (χ3n) is 3.90. The van der Waals surface area contributed by atoms with Gasteiger partial charge in [-0.1, -0.05) is 12.5 Å². The highest BCUT2D eigenvalue weighted by Gasteiger charge is 2.28. The standard InChI is InChI=1S/C15H21NOS/c1-15(6-2-3-7-18-15)11-17-14-5-4-12-9-16-10-13(12)8-14/h4-5,8,16H,2-3,6-7,9-11H2,1H3. The third-order valence-corrected chi connectivity index (χ3v) is 5.41. The zero-order valence-corrected chi connectivity index (χ0v) is 11.8. The molecule has 0 radical (unpaired) electrons. The number of thioether (sulfide) groups is 1. The molecule has 0 bridgehead atoms. The number of fused-ring (bicyclic) bond motifs is 1. The van der Waals surface area contributed by atoms with Crippen molar-refractivity contribution >= 4 is 11.8 Å². The molecule has 0 spiro atoms. The predicted octanol–water partition coefficient (Wildman–Crippen LogP) is 3.34. The fraction of sp³-hybridized carbons (Fsp3) is 0.600. The van der Waals surface area contributed by atoms with E-state index in [1.807, 2.05) is 0 Å². The summed E-state index contributed by atoms with van der Waals surface area (Å²) in [5, 5.41) is 3.37. The second kappa shape index (κ2) is 5.14. The number of hydrogen-bond donors (Lipinski definition) is 1. The Bertz CT molecular complexity index is 427. The van der Waals surface area contributed by atoms with Gasteiger partial charge in [-0.2, -0.15) is 11.8 Å². The van der Waals surface area contributed by atoms with Crippen molar-refractivity contribution in [3.63, 3.8) is 0 Å². The molecule has 3 rings (SSSR count). The van der Waals surface area contributed by atoms with Crippen LogP contribution in [0.2, 0.25) is 0 Å². The van der Waals surface area contributed by atoms with Crippen LogP contribution in [0.15, 0.2) is 18.2 Å².